The maximum Gasteiger partial charge on any atom is 0.320 e. The molecule has 0 heterocycles. The number of ether oxygens (including phenoxy) is 1. The number of hydrogen-bond acceptors (Lipinski definition) is 2. The Kier molecular flexibility index (Phi) is 7.02. The van der Waals surface area contributed by atoms with E-state index in [9.17, 15) is 4.79 Å². The van der Waals surface area contributed by atoms with Crippen LogP contribution in [0.15, 0.2) is 30.3 Å². The van der Waals surface area contributed by atoms with Gasteiger partial charge in [0.05, 0.1) is 7.11 Å². The van der Waals surface area contributed by atoms with Gasteiger partial charge in [0.1, 0.15) is 5.88 Å². The third-order valence-corrected chi connectivity index (χ3v) is 1.50. The summed E-state index contributed by atoms with van der Waals surface area (Å²) in [5.41, 5.74) is 1.32. The molecule has 72 valence electrons. The molecule has 0 aliphatic carbocycles. The van der Waals surface area contributed by atoms with Crippen LogP contribution >= 0.6 is 11.6 Å². The quantitative estimate of drug-likeness (QED) is 0.514. The fourth-order valence-electron chi connectivity index (χ4n) is 0.589. The van der Waals surface area contributed by atoms with Crippen molar-refractivity contribution in [3.8, 4) is 0 Å². The average Bonchev–Trinajstić information content (AvgIpc) is 2.19. The zero-order valence-corrected chi connectivity index (χ0v) is 8.54. The zero-order chi connectivity index (χ0) is 10.1. The molecule has 0 fully saturated rings. The Morgan fingerprint density at radius 1 is 1.38 bits per heavy atom. The van der Waals surface area contributed by atoms with E-state index in [0.29, 0.717) is 0 Å². The summed E-state index contributed by atoms with van der Waals surface area (Å²) in [4.78, 5) is 9.83. The Bertz CT molecular complexity index is 228. The highest BCUT2D eigenvalue weighted by Crippen LogP contribution is 1.92. The molecule has 0 aliphatic heterocycles. The lowest BCUT2D eigenvalue weighted by molar-refractivity contribution is -0.137. The SMILES string of the molecule is COC(=O)CCl.Cc1ccccc1. The Balaban J connectivity index is 0.000000226. The lowest BCUT2D eigenvalue weighted by atomic mass is 10.2. The summed E-state index contributed by atoms with van der Waals surface area (Å²) >= 11 is 4.98. The van der Waals surface area contributed by atoms with Gasteiger partial charge in [-0.25, -0.2) is 0 Å². The standard InChI is InChI=1S/C7H8.C3H5ClO2/c1-7-5-3-2-4-6-7;1-6-3(5)2-4/h2-6H,1H3;2H2,1H3. The molecule has 0 aliphatic rings. The molecule has 0 saturated heterocycles. The first-order chi connectivity index (χ1) is 6.20. The van der Waals surface area contributed by atoms with Crippen LogP contribution in [0.2, 0.25) is 0 Å². The van der Waals surface area contributed by atoms with Crippen LogP contribution in [0, 0.1) is 6.92 Å². The van der Waals surface area contributed by atoms with Crippen LogP contribution < -0.4 is 0 Å². The van der Waals surface area contributed by atoms with Gasteiger partial charge < -0.3 is 4.74 Å². The molecule has 0 spiro atoms. The Labute approximate surface area is 83.5 Å². The molecular weight excluding hydrogens is 188 g/mol. The predicted molar refractivity (Wildman–Crippen MR) is 53.9 cm³/mol. The number of alkyl halides is 1. The van der Waals surface area contributed by atoms with E-state index >= 15 is 0 Å². The molecule has 0 N–H and O–H groups in total. The Morgan fingerprint density at radius 3 is 2.08 bits per heavy atom. The highest BCUT2D eigenvalue weighted by Gasteiger charge is 1.89. The number of carbonyl (C=O) groups excluding carboxylic acids is 1. The molecule has 1 aromatic rings. The summed E-state index contributed by atoms with van der Waals surface area (Å²) in [6, 6.07) is 10.3. The minimum Gasteiger partial charge on any atom is -0.468 e. The van der Waals surface area contributed by atoms with Crippen molar-refractivity contribution in [2.75, 3.05) is 13.0 Å². The fourth-order valence-corrected chi connectivity index (χ4v) is 0.698. The molecule has 0 amide bonds. The van der Waals surface area contributed by atoms with Crippen molar-refractivity contribution in [3.63, 3.8) is 0 Å². The molecule has 3 heteroatoms. The summed E-state index contributed by atoms with van der Waals surface area (Å²) < 4.78 is 4.13. The number of rotatable bonds is 1. The second-order valence-electron chi connectivity index (χ2n) is 2.36. The summed E-state index contributed by atoms with van der Waals surface area (Å²) in [5.74, 6) is -0.451. The van der Waals surface area contributed by atoms with Crippen molar-refractivity contribution in [2.24, 2.45) is 0 Å². The van der Waals surface area contributed by atoms with Crippen LogP contribution in [-0.2, 0) is 9.53 Å². The molecule has 0 saturated carbocycles. The maximum atomic E-state index is 9.83. The van der Waals surface area contributed by atoms with Crippen LogP contribution in [-0.4, -0.2) is 19.0 Å². The van der Waals surface area contributed by atoms with E-state index in [1.807, 2.05) is 18.2 Å². The van der Waals surface area contributed by atoms with Crippen molar-refractivity contribution in [1.29, 1.82) is 0 Å². The monoisotopic (exact) mass is 200 g/mol. The minimum atomic E-state index is -0.392. The van der Waals surface area contributed by atoms with Gasteiger partial charge in [0, 0.05) is 0 Å². The number of benzene rings is 1. The number of hydrogen-bond donors (Lipinski definition) is 0. The van der Waals surface area contributed by atoms with Gasteiger partial charge in [0.15, 0.2) is 0 Å². The molecule has 0 unspecified atom stereocenters. The predicted octanol–water partition coefficient (Wildman–Crippen LogP) is 2.39. The van der Waals surface area contributed by atoms with Gasteiger partial charge in [-0.15, -0.1) is 11.6 Å². The van der Waals surface area contributed by atoms with Gasteiger partial charge in [-0.05, 0) is 6.92 Å². The smallest absolute Gasteiger partial charge is 0.320 e. The number of carbonyl (C=O) groups is 1. The highest BCUT2D eigenvalue weighted by molar-refractivity contribution is 6.26. The fraction of sp³-hybridized carbons (Fsp3) is 0.300. The van der Waals surface area contributed by atoms with Crippen molar-refractivity contribution < 1.29 is 9.53 Å². The van der Waals surface area contributed by atoms with Crippen LogP contribution in [0.1, 0.15) is 5.56 Å². The summed E-state index contributed by atoms with van der Waals surface area (Å²) in [6.07, 6.45) is 0. The van der Waals surface area contributed by atoms with Gasteiger partial charge in [-0.2, -0.15) is 0 Å². The molecular formula is C10H13ClO2. The molecule has 13 heavy (non-hydrogen) atoms. The van der Waals surface area contributed by atoms with E-state index in [1.165, 1.54) is 12.7 Å². The number of aryl methyl sites for hydroxylation is 1. The second kappa shape index (κ2) is 7.62. The third-order valence-electron chi connectivity index (χ3n) is 1.28. The Hall–Kier alpha value is -1.02. The van der Waals surface area contributed by atoms with Gasteiger partial charge in [0.2, 0.25) is 0 Å². The van der Waals surface area contributed by atoms with Crippen LogP contribution in [0.3, 0.4) is 0 Å². The van der Waals surface area contributed by atoms with Gasteiger partial charge in [-0.3, -0.25) is 4.79 Å². The highest BCUT2D eigenvalue weighted by atomic mass is 35.5. The molecule has 2 nitrogen and oxygen atoms in total. The first-order valence-corrected chi connectivity index (χ1v) is 4.38. The summed E-state index contributed by atoms with van der Waals surface area (Å²) in [5, 5.41) is 0. The largest absolute Gasteiger partial charge is 0.468 e. The summed E-state index contributed by atoms with van der Waals surface area (Å²) in [7, 11) is 1.30. The normalized spacial score (nSPS) is 8.23. The number of halogens is 1. The van der Waals surface area contributed by atoms with E-state index < -0.39 is 5.97 Å². The van der Waals surface area contributed by atoms with E-state index in [-0.39, 0.29) is 5.88 Å². The van der Waals surface area contributed by atoms with Crippen molar-refractivity contribution in [3.05, 3.63) is 35.9 Å². The van der Waals surface area contributed by atoms with Gasteiger partial charge >= 0.3 is 5.97 Å². The minimum absolute atomic E-state index is 0.0590. The molecule has 1 rings (SSSR count). The molecule has 0 radical (unpaired) electrons. The van der Waals surface area contributed by atoms with Crippen LogP contribution in [0.25, 0.3) is 0 Å². The molecule has 1 aromatic carbocycles. The molecule has 0 bridgehead atoms. The average molecular weight is 201 g/mol. The topological polar surface area (TPSA) is 26.3 Å². The van der Waals surface area contributed by atoms with Crippen LogP contribution in [0.5, 0.6) is 0 Å². The molecule has 0 atom stereocenters. The van der Waals surface area contributed by atoms with Crippen LogP contribution in [0.4, 0.5) is 0 Å². The van der Waals surface area contributed by atoms with Crippen molar-refractivity contribution >= 4 is 17.6 Å². The van der Waals surface area contributed by atoms with E-state index in [1.54, 1.807) is 0 Å². The van der Waals surface area contributed by atoms with Gasteiger partial charge in [0.25, 0.3) is 0 Å². The molecule has 0 aromatic heterocycles. The number of methoxy groups -OCH3 is 1. The zero-order valence-electron chi connectivity index (χ0n) is 7.79. The van der Waals surface area contributed by atoms with E-state index in [2.05, 4.69) is 23.8 Å². The first kappa shape index (κ1) is 12.0. The number of esters is 1. The van der Waals surface area contributed by atoms with Gasteiger partial charge in [-0.1, -0.05) is 35.9 Å². The second-order valence-corrected chi connectivity index (χ2v) is 2.63. The van der Waals surface area contributed by atoms with Crippen molar-refractivity contribution in [2.45, 2.75) is 6.92 Å². The lowest BCUT2D eigenvalue weighted by Crippen LogP contribution is -1.99. The first-order valence-electron chi connectivity index (χ1n) is 3.85. The summed E-state index contributed by atoms with van der Waals surface area (Å²) in [6.45, 7) is 2.08. The van der Waals surface area contributed by atoms with E-state index in [0.717, 1.165) is 0 Å². The maximum absolute atomic E-state index is 9.83. The van der Waals surface area contributed by atoms with Crippen molar-refractivity contribution in [1.82, 2.24) is 0 Å². The third kappa shape index (κ3) is 7.34. The Morgan fingerprint density at radius 2 is 1.92 bits per heavy atom. The lowest BCUT2D eigenvalue weighted by Gasteiger charge is -1.85. The van der Waals surface area contributed by atoms with E-state index in [4.69, 9.17) is 11.6 Å².